The third-order valence-corrected chi connectivity index (χ3v) is 12.1. The molecule has 0 bridgehead atoms. The molecule has 0 aliphatic rings. The van der Waals surface area contributed by atoms with Gasteiger partial charge in [-0.3, -0.25) is 0 Å². The van der Waals surface area contributed by atoms with Crippen molar-refractivity contribution in [1.82, 2.24) is 4.57 Å². The first-order valence-corrected chi connectivity index (χ1v) is 19.6. The summed E-state index contributed by atoms with van der Waals surface area (Å²) in [5, 5.41) is 7.68. The monoisotopic (exact) mass is 718 g/mol. The van der Waals surface area contributed by atoms with Crippen LogP contribution in [0.2, 0.25) is 0 Å². The summed E-state index contributed by atoms with van der Waals surface area (Å²) < 4.78 is 5.01. The molecule has 9 aromatic carbocycles. The van der Waals surface area contributed by atoms with E-state index in [1.165, 1.54) is 75.0 Å². The molecule has 2 heterocycles. The van der Waals surface area contributed by atoms with Gasteiger partial charge in [-0.05, 0) is 88.1 Å². The Bertz CT molecular complexity index is 3190. The van der Waals surface area contributed by atoms with Gasteiger partial charge in [-0.15, -0.1) is 11.3 Å². The SMILES string of the molecule is c1ccc(-c2ccccc2N(c2ccc(-c3cc4c(c5ccccc35)c3ccccc3n4-c3ccccc3)cc2)c2ccc3c(c2)sc2ccccc23)cc1. The Morgan fingerprint density at radius 2 is 0.964 bits per heavy atom. The summed E-state index contributed by atoms with van der Waals surface area (Å²) in [4.78, 5) is 2.42. The summed E-state index contributed by atoms with van der Waals surface area (Å²) in [6.45, 7) is 0. The minimum Gasteiger partial charge on any atom is -0.310 e. The Kier molecular flexibility index (Phi) is 7.39. The van der Waals surface area contributed by atoms with Crippen molar-refractivity contribution in [3.8, 4) is 27.9 Å². The smallest absolute Gasteiger partial charge is 0.0553 e. The number of hydrogen-bond donors (Lipinski definition) is 0. The molecule has 0 aliphatic heterocycles. The summed E-state index contributed by atoms with van der Waals surface area (Å²) >= 11 is 1.86. The van der Waals surface area contributed by atoms with E-state index >= 15 is 0 Å². The van der Waals surface area contributed by atoms with E-state index < -0.39 is 0 Å². The molecule has 0 radical (unpaired) electrons. The van der Waals surface area contributed by atoms with Crippen LogP contribution < -0.4 is 4.90 Å². The number of aromatic nitrogens is 1. The number of fused-ring (bicyclic) bond motifs is 8. The van der Waals surface area contributed by atoms with Gasteiger partial charge in [0.1, 0.15) is 0 Å². The molecule has 0 unspecified atom stereocenters. The zero-order valence-electron chi connectivity index (χ0n) is 29.9. The Morgan fingerprint density at radius 1 is 0.364 bits per heavy atom. The van der Waals surface area contributed by atoms with Crippen molar-refractivity contribution in [2.75, 3.05) is 4.90 Å². The van der Waals surface area contributed by atoms with Crippen LogP contribution >= 0.6 is 11.3 Å². The molecule has 0 amide bonds. The normalized spacial score (nSPS) is 11.6. The second-order valence-corrected chi connectivity index (χ2v) is 15.2. The minimum absolute atomic E-state index is 1.11. The Labute approximate surface area is 323 Å². The van der Waals surface area contributed by atoms with Crippen molar-refractivity contribution in [2.24, 2.45) is 0 Å². The average molecular weight is 719 g/mol. The lowest BCUT2D eigenvalue weighted by Crippen LogP contribution is -2.11. The highest BCUT2D eigenvalue weighted by Gasteiger charge is 2.21. The van der Waals surface area contributed by atoms with Crippen LogP contribution in [0.1, 0.15) is 0 Å². The highest BCUT2D eigenvalue weighted by molar-refractivity contribution is 7.25. The molecule has 0 saturated heterocycles. The second-order valence-electron chi connectivity index (χ2n) is 14.1. The fourth-order valence-corrected chi connectivity index (χ4v) is 9.66. The molecule has 2 nitrogen and oxygen atoms in total. The largest absolute Gasteiger partial charge is 0.310 e. The standard InChI is InChI=1S/C52H34N2S/c1-3-15-35(16-4-1)40-19-9-12-24-47(40)53(39-31-32-43-42-21-11-14-26-50(42)55-51(43)33-39)38-29-27-36(28-30-38)46-34-49-52(44-22-8-7-20-41(44)46)45-23-10-13-25-48(45)54(49)37-17-5-2-6-18-37/h1-34H. The number of nitrogens with zero attached hydrogens (tertiary/aromatic N) is 2. The number of thiophene rings is 1. The third kappa shape index (κ3) is 5.16. The van der Waals surface area contributed by atoms with E-state index in [-0.39, 0.29) is 0 Å². The number of rotatable bonds is 6. The fourth-order valence-electron chi connectivity index (χ4n) is 8.53. The molecule has 0 N–H and O–H groups in total. The van der Waals surface area contributed by atoms with Crippen molar-refractivity contribution >= 4 is 81.1 Å². The van der Waals surface area contributed by atoms with Crippen LogP contribution in [0, 0.1) is 0 Å². The van der Waals surface area contributed by atoms with Crippen molar-refractivity contribution in [2.45, 2.75) is 0 Å². The Balaban J connectivity index is 1.11. The van der Waals surface area contributed by atoms with E-state index in [4.69, 9.17) is 0 Å². The Morgan fingerprint density at radius 3 is 1.78 bits per heavy atom. The topological polar surface area (TPSA) is 8.17 Å². The third-order valence-electron chi connectivity index (χ3n) is 11.0. The summed E-state index contributed by atoms with van der Waals surface area (Å²) in [6, 6.07) is 75.1. The molecular formula is C52H34N2S. The van der Waals surface area contributed by atoms with Gasteiger partial charge in [0.2, 0.25) is 0 Å². The molecule has 11 aromatic rings. The lowest BCUT2D eigenvalue weighted by Gasteiger charge is -2.28. The number of benzene rings is 9. The maximum atomic E-state index is 2.42. The molecule has 258 valence electrons. The van der Waals surface area contributed by atoms with Crippen molar-refractivity contribution < 1.29 is 0 Å². The highest BCUT2D eigenvalue weighted by atomic mass is 32.1. The van der Waals surface area contributed by atoms with E-state index in [9.17, 15) is 0 Å². The first-order chi connectivity index (χ1) is 27.3. The summed E-state index contributed by atoms with van der Waals surface area (Å²) in [7, 11) is 0. The van der Waals surface area contributed by atoms with Crippen LogP contribution in [0.5, 0.6) is 0 Å². The van der Waals surface area contributed by atoms with Gasteiger partial charge in [-0.2, -0.15) is 0 Å². The predicted octanol–water partition coefficient (Wildman–Crippen LogP) is 15.1. The molecule has 0 spiro atoms. The van der Waals surface area contributed by atoms with E-state index in [1.54, 1.807) is 0 Å². The molecule has 2 aromatic heterocycles. The number of para-hydroxylation sites is 3. The predicted molar refractivity (Wildman–Crippen MR) is 237 cm³/mol. The van der Waals surface area contributed by atoms with Crippen LogP contribution in [0.15, 0.2) is 206 Å². The van der Waals surface area contributed by atoms with E-state index in [2.05, 4.69) is 216 Å². The van der Waals surface area contributed by atoms with Gasteiger partial charge in [-0.25, -0.2) is 0 Å². The van der Waals surface area contributed by atoms with Gasteiger partial charge in [0, 0.05) is 53.6 Å². The van der Waals surface area contributed by atoms with Gasteiger partial charge >= 0.3 is 0 Å². The molecule has 0 fully saturated rings. The molecule has 0 saturated carbocycles. The first-order valence-electron chi connectivity index (χ1n) is 18.8. The van der Waals surface area contributed by atoms with Crippen molar-refractivity contribution in [3.63, 3.8) is 0 Å². The summed E-state index contributed by atoms with van der Waals surface area (Å²) in [5.41, 5.74) is 11.7. The molecule has 0 aliphatic carbocycles. The minimum atomic E-state index is 1.11. The lowest BCUT2D eigenvalue weighted by atomic mass is 9.94. The van der Waals surface area contributed by atoms with Crippen molar-refractivity contribution in [1.29, 1.82) is 0 Å². The molecule has 3 heteroatoms. The second kappa shape index (κ2) is 12.9. The van der Waals surface area contributed by atoms with Crippen LogP contribution in [-0.4, -0.2) is 4.57 Å². The summed E-state index contributed by atoms with van der Waals surface area (Å²) in [5.74, 6) is 0. The molecule has 11 rings (SSSR count). The number of hydrogen-bond acceptors (Lipinski definition) is 2. The molecule has 55 heavy (non-hydrogen) atoms. The average Bonchev–Trinajstić information content (AvgIpc) is 3.80. The van der Waals surface area contributed by atoms with Gasteiger partial charge in [0.15, 0.2) is 0 Å². The van der Waals surface area contributed by atoms with Gasteiger partial charge in [0.05, 0.1) is 16.7 Å². The van der Waals surface area contributed by atoms with E-state index in [0.29, 0.717) is 0 Å². The molecular weight excluding hydrogens is 685 g/mol. The van der Waals surface area contributed by atoms with Crippen LogP contribution in [0.3, 0.4) is 0 Å². The lowest BCUT2D eigenvalue weighted by molar-refractivity contribution is 1.18. The summed E-state index contributed by atoms with van der Waals surface area (Å²) in [6.07, 6.45) is 0. The maximum absolute atomic E-state index is 2.42. The molecule has 0 atom stereocenters. The van der Waals surface area contributed by atoms with Crippen LogP contribution in [-0.2, 0) is 0 Å². The van der Waals surface area contributed by atoms with E-state index in [1.807, 2.05) is 11.3 Å². The maximum Gasteiger partial charge on any atom is 0.0553 e. The number of anilines is 3. The van der Waals surface area contributed by atoms with E-state index in [0.717, 1.165) is 22.7 Å². The van der Waals surface area contributed by atoms with Gasteiger partial charge < -0.3 is 9.47 Å². The highest BCUT2D eigenvalue weighted by Crippen LogP contribution is 2.45. The van der Waals surface area contributed by atoms with Gasteiger partial charge in [0.25, 0.3) is 0 Å². The van der Waals surface area contributed by atoms with Gasteiger partial charge in [-0.1, -0.05) is 146 Å². The van der Waals surface area contributed by atoms with Crippen molar-refractivity contribution in [3.05, 3.63) is 206 Å². The zero-order chi connectivity index (χ0) is 36.3. The quantitative estimate of drug-likeness (QED) is 0.166. The van der Waals surface area contributed by atoms with Crippen LogP contribution in [0.4, 0.5) is 17.1 Å². The van der Waals surface area contributed by atoms with Crippen LogP contribution in [0.25, 0.3) is 80.7 Å². The Hall–Kier alpha value is -6.94. The fraction of sp³-hybridized carbons (Fsp3) is 0. The first kappa shape index (κ1) is 31.6. The zero-order valence-corrected chi connectivity index (χ0v) is 30.7.